The van der Waals surface area contributed by atoms with Crippen LogP contribution in [0.2, 0.25) is 10.0 Å². The topological polar surface area (TPSA) is 55.4 Å². The maximum absolute atomic E-state index is 13.5. The van der Waals surface area contributed by atoms with Crippen LogP contribution >= 0.6 is 23.2 Å². The molecule has 0 atom stereocenters. The summed E-state index contributed by atoms with van der Waals surface area (Å²) in [5.41, 5.74) is 0.560. The zero-order valence-electron chi connectivity index (χ0n) is 11.8. The van der Waals surface area contributed by atoms with Crippen molar-refractivity contribution in [3.63, 3.8) is 0 Å². The highest BCUT2D eigenvalue weighted by atomic mass is 35.5. The second-order valence-corrected chi connectivity index (χ2v) is 5.44. The summed E-state index contributed by atoms with van der Waals surface area (Å²) in [5, 5.41) is 3.21. The molecule has 0 bridgehead atoms. The fourth-order valence-electron chi connectivity index (χ4n) is 1.77. The zero-order chi connectivity index (χ0) is 16.8. The maximum Gasteiger partial charge on any atom is 0.310 e. The zero-order valence-corrected chi connectivity index (χ0v) is 13.3. The van der Waals surface area contributed by atoms with Gasteiger partial charge in [0.2, 0.25) is 0 Å². The first-order chi connectivity index (χ1) is 11.0. The van der Waals surface area contributed by atoms with Gasteiger partial charge in [-0.3, -0.25) is 9.59 Å². The Labute approximate surface area is 142 Å². The number of carbonyl (C=O) groups is 2. The lowest BCUT2D eigenvalue weighted by Gasteiger charge is -2.08. The Kier molecular flexibility index (Phi) is 5.96. The monoisotopic (exact) mass is 355 g/mol. The van der Waals surface area contributed by atoms with Gasteiger partial charge in [-0.15, -0.1) is 0 Å². The summed E-state index contributed by atoms with van der Waals surface area (Å²) in [6, 6.07) is 10.6. The predicted molar refractivity (Wildman–Crippen MR) is 86.2 cm³/mol. The third-order valence-electron chi connectivity index (χ3n) is 2.88. The van der Waals surface area contributed by atoms with Gasteiger partial charge in [0.15, 0.2) is 6.61 Å². The van der Waals surface area contributed by atoms with Gasteiger partial charge in [0, 0.05) is 21.3 Å². The Hall–Kier alpha value is -2.11. The van der Waals surface area contributed by atoms with E-state index in [2.05, 4.69) is 5.32 Å². The van der Waals surface area contributed by atoms with Crippen molar-refractivity contribution < 1.29 is 18.7 Å². The molecule has 2 rings (SSSR count). The van der Waals surface area contributed by atoms with Crippen molar-refractivity contribution in [2.45, 2.75) is 6.42 Å². The summed E-state index contributed by atoms with van der Waals surface area (Å²) in [6.07, 6.45) is -0.347. The summed E-state index contributed by atoms with van der Waals surface area (Å²) in [7, 11) is 0. The van der Waals surface area contributed by atoms with Gasteiger partial charge in [0.25, 0.3) is 5.91 Å². The lowest BCUT2D eigenvalue weighted by Crippen LogP contribution is -2.21. The molecule has 7 heteroatoms. The first-order valence-corrected chi connectivity index (χ1v) is 7.35. The molecule has 0 spiro atoms. The number of rotatable bonds is 5. The summed E-state index contributed by atoms with van der Waals surface area (Å²) < 4.78 is 18.4. The number of hydrogen-bond donors (Lipinski definition) is 1. The highest BCUT2D eigenvalue weighted by Gasteiger charge is 2.14. The third-order valence-corrected chi connectivity index (χ3v) is 3.48. The van der Waals surface area contributed by atoms with E-state index in [0.717, 1.165) is 0 Å². The van der Waals surface area contributed by atoms with Crippen molar-refractivity contribution in [1.82, 2.24) is 0 Å². The number of amides is 1. The van der Waals surface area contributed by atoms with E-state index in [4.69, 9.17) is 27.9 Å². The summed E-state index contributed by atoms with van der Waals surface area (Å²) in [6.45, 7) is -0.479. The van der Waals surface area contributed by atoms with Crippen LogP contribution in [-0.2, 0) is 20.7 Å². The highest BCUT2D eigenvalue weighted by Crippen LogP contribution is 2.19. The van der Waals surface area contributed by atoms with Crippen molar-refractivity contribution in [2.75, 3.05) is 11.9 Å². The second kappa shape index (κ2) is 7.94. The van der Waals surface area contributed by atoms with Gasteiger partial charge in [-0.2, -0.15) is 0 Å². The minimum Gasteiger partial charge on any atom is -0.455 e. The molecule has 0 aliphatic carbocycles. The summed E-state index contributed by atoms with van der Waals surface area (Å²) in [5.74, 6) is -1.86. The molecule has 0 aliphatic heterocycles. The number of hydrogen-bond acceptors (Lipinski definition) is 3. The quantitative estimate of drug-likeness (QED) is 0.828. The molecular formula is C16H12Cl2FNO3. The standard InChI is InChI=1S/C16H12Cl2FNO3/c17-10-4-6-11(7-5-10)20-15(21)9-23-16(22)8-12-13(18)2-1-3-14(12)19/h1-7H,8-9H2,(H,20,21). The van der Waals surface area contributed by atoms with Gasteiger partial charge < -0.3 is 10.1 Å². The molecular weight excluding hydrogens is 344 g/mol. The molecule has 2 aromatic rings. The lowest BCUT2D eigenvalue weighted by molar-refractivity contribution is -0.146. The highest BCUT2D eigenvalue weighted by molar-refractivity contribution is 6.31. The molecule has 1 N–H and O–H groups in total. The van der Waals surface area contributed by atoms with Crippen LogP contribution in [0.25, 0.3) is 0 Å². The van der Waals surface area contributed by atoms with E-state index in [1.165, 1.54) is 18.2 Å². The normalized spacial score (nSPS) is 10.2. The van der Waals surface area contributed by atoms with Gasteiger partial charge in [0.1, 0.15) is 5.82 Å². The van der Waals surface area contributed by atoms with Crippen LogP contribution in [0.3, 0.4) is 0 Å². The minimum absolute atomic E-state index is 0.0391. The average molecular weight is 356 g/mol. The van der Waals surface area contributed by atoms with Crippen molar-refractivity contribution in [2.24, 2.45) is 0 Å². The molecule has 0 radical (unpaired) electrons. The Balaban J connectivity index is 1.84. The predicted octanol–water partition coefficient (Wildman–Crippen LogP) is 3.86. The molecule has 4 nitrogen and oxygen atoms in total. The van der Waals surface area contributed by atoms with E-state index in [-0.39, 0.29) is 17.0 Å². The van der Waals surface area contributed by atoms with Crippen LogP contribution in [0.5, 0.6) is 0 Å². The van der Waals surface area contributed by atoms with Crippen molar-refractivity contribution in [1.29, 1.82) is 0 Å². The SMILES string of the molecule is O=C(COC(=O)Cc1c(F)cccc1Cl)Nc1ccc(Cl)cc1. The molecule has 120 valence electrons. The maximum atomic E-state index is 13.5. The molecule has 23 heavy (non-hydrogen) atoms. The third kappa shape index (κ3) is 5.23. The van der Waals surface area contributed by atoms with Crippen molar-refractivity contribution >= 4 is 40.8 Å². The van der Waals surface area contributed by atoms with Gasteiger partial charge >= 0.3 is 5.97 Å². The van der Waals surface area contributed by atoms with Crippen molar-refractivity contribution in [3.8, 4) is 0 Å². The van der Waals surface area contributed by atoms with Crippen LogP contribution < -0.4 is 5.32 Å². The molecule has 0 saturated heterocycles. The largest absolute Gasteiger partial charge is 0.455 e. The Morgan fingerprint density at radius 1 is 1.09 bits per heavy atom. The summed E-state index contributed by atoms with van der Waals surface area (Å²) >= 11 is 11.5. The smallest absolute Gasteiger partial charge is 0.310 e. The van der Waals surface area contributed by atoms with Gasteiger partial charge in [-0.1, -0.05) is 29.3 Å². The van der Waals surface area contributed by atoms with Crippen molar-refractivity contribution in [3.05, 3.63) is 63.9 Å². The van der Waals surface area contributed by atoms with E-state index >= 15 is 0 Å². The van der Waals surface area contributed by atoms with E-state index in [1.807, 2.05) is 0 Å². The van der Waals surface area contributed by atoms with Gasteiger partial charge in [0.05, 0.1) is 6.42 Å². The Morgan fingerprint density at radius 3 is 2.43 bits per heavy atom. The fraction of sp³-hybridized carbons (Fsp3) is 0.125. The van der Waals surface area contributed by atoms with Gasteiger partial charge in [-0.05, 0) is 36.4 Å². The first-order valence-electron chi connectivity index (χ1n) is 6.59. The fourth-order valence-corrected chi connectivity index (χ4v) is 2.13. The number of halogens is 3. The lowest BCUT2D eigenvalue weighted by atomic mass is 10.1. The van der Waals surface area contributed by atoms with Gasteiger partial charge in [-0.25, -0.2) is 4.39 Å². The molecule has 0 saturated carbocycles. The van der Waals surface area contributed by atoms with E-state index in [9.17, 15) is 14.0 Å². The first kappa shape index (κ1) is 17.2. The number of benzene rings is 2. The molecule has 0 aromatic heterocycles. The van der Waals surface area contributed by atoms with E-state index < -0.39 is 24.3 Å². The molecule has 0 heterocycles. The van der Waals surface area contributed by atoms with E-state index in [1.54, 1.807) is 24.3 Å². The molecule has 0 unspecified atom stereocenters. The molecule has 2 aromatic carbocycles. The number of ether oxygens (including phenoxy) is 1. The molecule has 0 aliphatic rings. The van der Waals surface area contributed by atoms with Crippen LogP contribution in [0, 0.1) is 5.82 Å². The van der Waals surface area contributed by atoms with Crippen LogP contribution in [0.4, 0.5) is 10.1 Å². The van der Waals surface area contributed by atoms with Crippen LogP contribution in [-0.4, -0.2) is 18.5 Å². The van der Waals surface area contributed by atoms with Crippen LogP contribution in [0.1, 0.15) is 5.56 Å². The number of esters is 1. The van der Waals surface area contributed by atoms with E-state index in [0.29, 0.717) is 10.7 Å². The number of anilines is 1. The van der Waals surface area contributed by atoms with Crippen LogP contribution in [0.15, 0.2) is 42.5 Å². The number of nitrogens with one attached hydrogen (secondary N) is 1. The Bertz CT molecular complexity index is 700. The summed E-state index contributed by atoms with van der Waals surface area (Å²) in [4.78, 5) is 23.3. The number of carbonyl (C=O) groups excluding carboxylic acids is 2. The molecule has 0 fully saturated rings. The minimum atomic E-state index is -0.747. The molecule has 1 amide bonds. The Morgan fingerprint density at radius 2 is 1.78 bits per heavy atom. The second-order valence-electron chi connectivity index (χ2n) is 4.59. The average Bonchev–Trinajstić information content (AvgIpc) is 2.51.